The highest BCUT2D eigenvalue weighted by Gasteiger charge is 1.98. The van der Waals surface area contributed by atoms with Crippen LogP contribution in [-0.4, -0.2) is 16.4 Å². The van der Waals surface area contributed by atoms with Crippen molar-refractivity contribution in [3.63, 3.8) is 0 Å². The van der Waals surface area contributed by atoms with Crippen molar-refractivity contribution in [2.24, 2.45) is 0 Å². The molecule has 2 N–H and O–H groups in total. The lowest BCUT2D eigenvalue weighted by atomic mass is 10.3. The molecule has 0 radical (unpaired) electrons. The monoisotopic (exact) mass is 213 g/mol. The molecule has 3 nitrogen and oxygen atoms in total. The number of anilines is 1. The first-order chi connectivity index (χ1) is 7.11. The molecule has 0 aromatic heterocycles. The maximum Gasteiger partial charge on any atom is 0.296 e. The van der Waals surface area contributed by atoms with Crippen molar-refractivity contribution in [2.45, 2.75) is 20.0 Å². The number of hydrogen-bond acceptors (Lipinski definition) is 3. The van der Waals surface area contributed by atoms with Gasteiger partial charge in [-0.25, -0.2) is 0 Å². The number of benzene rings is 1. The van der Waals surface area contributed by atoms with E-state index in [2.05, 4.69) is 22.6 Å². The highest BCUT2D eigenvalue weighted by Crippen LogP contribution is 2.16. The molecule has 0 heterocycles. The first-order valence-corrected chi connectivity index (χ1v) is 4.73. The van der Waals surface area contributed by atoms with Gasteiger partial charge < -0.3 is 15.2 Å². The van der Waals surface area contributed by atoms with Gasteiger partial charge in [-0.05, 0) is 50.3 Å². The third-order valence-electron chi connectivity index (χ3n) is 1.47. The molecule has 0 amide bonds. The molecule has 1 rings (SSSR count). The van der Waals surface area contributed by atoms with Crippen LogP contribution in [0.25, 0.3) is 1.43 Å². The second-order valence-corrected chi connectivity index (χ2v) is 3.47. The Hall–Kier alpha value is -1.29. The minimum atomic E-state index is 0.0209. The molecule has 0 bridgehead atoms. The van der Waals surface area contributed by atoms with Crippen molar-refractivity contribution in [1.29, 1.82) is 1.43 Å². The van der Waals surface area contributed by atoms with Gasteiger partial charge in [0.1, 0.15) is 5.75 Å². The molecule has 0 fully saturated rings. The molecule has 0 aliphatic carbocycles. The standard InChI is InChI=1S/C10H13NO2S/c1-7(2)13-9-5-3-8(4-6-9)11-10(12)14/h3-7H,1-2H3,(H2,11,12,14)/i/hT. The Labute approximate surface area is 90.2 Å². The Bertz CT molecular complexity index is 327. The lowest BCUT2D eigenvalue weighted by Gasteiger charge is -2.10. The summed E-state index contributed by atoms with van der Waals surface area (Å²) in [4.78, 5) is 0. The fraction of sp³-hybridized carbons (Fsp3) is 0.300. The van der Waals surface area contributed by atoms with Gasteiger partial charge >= 0.3 is 0 Å². The van der Waals surface area contributed by atoms with E-state index >= 15 is 0 Å². The fourth-order valence-electron chi connectivity index (χ4n) is 1.01. The quantitative estimate of drug-likeness (QED) is 0.757. The number of nitrogens with one attached hydrogen (secondary N) is 1. The zero-order chi connectivity index (χ0) is 11.3. The molecule has 76 valence electrons. The normalized spacial score (nSPS) is 10.6. The highest BCUT2D eigenvalue weighted by molar-refractivity contribution is 7.80. The lowest BCUT2D eigenvalue weighted by molar-refractivity contribution is 0.242. The molecule has 0 aliphatic heterocycles. The van der Waals surface area contributed by atoms with Gasteiger partial charge in [0.25, 0.3) is 6.61 Å². The molecule has 0 spiro atoms. The number of rotatable bonds is 3. The van der Waals surface area contributed by atoms with E-state index in [1.165, 1.54) is 0 Å². The van der Waals surface area contributed by atoms with Crippen molar-refractivity contribution in [1.82, 2.24) is 0 Å². The van der Waals surface area contributed by atoms with Crippen molar-refractivity contribution in [2.75, 3.05) is 5.32 Å². The molecule has 0 aliphatic rings. The van der Waals surface area contributed by atoms with Crippen LogP contribution in [0.1, 0.15) is 13.8 Å². The molecule has 0 saturated heterocycles. The Morgan fingerprint density at radius 2 is 2.14 bits per heavy atom. The average molecular weight is 213 g/mol. The van der Waals surface area contributed by atoms with Gasteiger partial charge in [0, 0.05) is 5.69 Å². The lowest BCUT2D eigenvalue weighted by Crippen LogP contribution is -2.07. The van der Waals surface area contributed by atoms with Crippen LogP contribution >= 0.6 is 12.2 Å². The minimum absolute atomic E-state index is 0.0209. The van der Waals surface area contributed by atoms with Gasteiger partial charge in [-0.3, -0.25) is 0 Å². The summed E-state index contributed by atoms with van der Waals surface area (Å²) < 4.78 is 12.0. The van der Waals surface area contributed by atoms with E-state index in [9.17, 15) is 0 Å². The van der Waals surface area contributed by atoms with Crippen LogP contribution < -0.4 is 10.1 Å². The molecule has 14 heavy (non-hydrogen) atoms. The number of hydrogen-bond donors (Lipinski definition) is 2. The van der Waals surface area contributed by atoms with Crippen molar-refractivity contribution in [3.05, 3.63) is 24.3 Å². The van der Waals surface area contributed by atoms with Crippen LogP contribution in [0.4, 0.5) is 5.69 Å². The highest BCUT2D eigenvalue weighted by atomic mass is 32.1. The summed E-state index contributed by atoms with van der Waals surface area (Å²) in [6, 6.07) is 7.27. The second kappa shape index (κ2) is 4.81. The Balaban J connectivity index is 2.60. The summed E-state index contributed by atoms with van der Waals surface area (Å²) in [6.45, 7) is 3.93. The van der Waals surface area contributed by atoms with Crippen LogP contribution in [0.15, 0.2) is 24.3 Å². The SMILES string of the molecule is [3H]OC(=S)Nc1ccc(OC(C)C)cc1. The van der Waals surface area contributed by atoms with Crippen LogP contribution in [0.3, 0.4) is 0 Å². The van der Waals surface area contributed by atoms with Gasteiger partial charge in [0.05, 0.1) is 6.10 Å². The maximum absolute atomic E-state index is 6.56. The zero-order valence-corrected chi connectivity index (χ0v) is 8.93. The fourth-order valence-corrected chi connectivity index (χ4v) is 1.12. The van der Waals surface area contributed by atoms with Crippen molar-refractivity contribution < 1.29 is 9.85 Å². The molecule has 0 unspecified atom stereocenters. The Morgan fingerprint density at radius 1 is 1.50 bits per heavy atom. The van der Waals surface area contributed by atoms with Crippen LogP contribution in [-0.2, 0) is 0 Å². The van der Waals surface area contributed by atoms with E-state index in [0.717, 1.165) is 11.4 Å². The van der Waals surface area contributed by atoms with Crippen molar-refractivity contribution >= 4 is 23.1 Å². The Kier molecular flexibility index (Phi) is 3.19. The molecule has 1 aromatic rings. The third kappa shape index (κ3) is 3.62. The smallest absolute Gasteiger partial charge is 0.296 e. The van der Waals surface area contributed by atoms with E-state index < -0.39 is 0 Å². The van der Waals surface area contributed by atoms with Crippen LogP contribution in [0.2, 0.25) is 0 Å². The molecule has 1 aromatic carbocycles. The van der Waals surface area contributed by atoms with Gasteiger partial charge in [0.2, 0.25) is 0 Å². The summed E-state index contributed by atoms with van der Waals surface area (Å²) >= 11 is 4.69. The summed E-state index contributed by atoms with van der Waals surface area (Å²) in [5, 5.41) is 6.85. The number of ether oxygens (including phenoxy) is 1. The van der Waals surface area contributed by atoms with Gasteiger partial charge in [0.15, 0.2) is 0 Å². The first kappa shape index (κ1) is 9.27. The predicted molar refractivity (Wildman–Crippen MR) is 61.1 cm³/mol. The summed E-state index contributed by atoms with van der Waals surface area (Å²) in [6.07, 6.45) is 0.154. The predicted octanol–water partition coefficient (Wildman–Crippen LogP) is 2.73. The molecule has 0 saturated carbocycles. The molecular weight excluding hydrogens is 198 g/mol. The maximum atomic E-state index is 6.56. The van der Waals surface area contributed by atoms with E-state index in [0.29, 0.717) is 0 Å². The molecule has 0 atom stereocenters. The van der Waals surface area contributed by atoms with E-state index in [1.807, 2.05) is 38.1 Å². The summed E-state index contributed by atoms with van der Waals surface area (Å²) in [5.74, 6) is 0.799. The van der Waals surface area contributed by atoms with Gasteiger partial charge in [-0.2, -0.15) is 0 Å². The Morgan fingerprint density at radius 3 is 2.64 bits per heavy atom. The summed E-state index contributed by atoms with van der Waals surface area (Å²) in [5.41, 5.74) is 0.767. The van der Waals surface area contributed by atoms with E-state index in [-0.39, 0.29) is 11.3 Å². The third-order valence-corrected chi connectivity index (χ3v) is 1.57. The summed E-state index contributed by atoms with van der Waals surface area (Å²) in [7, 11) is 0. The minimum Gasteiger partial charge on any atom is -0.491 e. The van der Waals surface area contributed by atoms with Gasteiger partial charge in [-0.15, -0.1) is 0 Å². The largest absolute Gasteiger partial charge is 0.491 e. The number of aliphatic hydroxyl groups is 1. The average Bonchev–Trinajstić information content (AvgIpc) is 2.20. The first-order valence-electron chi connectivity index (χ1n) is 4.73. The zero-order valence-electron chi connectivity index (χ0n) is 9.11. The molecular formula is C10H13NO2S. The number of thiocarbonyl (C=S) groups is 1. The van der Waals surface area contributed by atoms with Crippen molar-refractivity contribution in [3.8, 4) is 5.75 Å². The molecule has 4 heteroatoms. The van der Waals surface area contributed by atoms with Crippen LogP contribution in [0.5, 0.6) is 5.75 Å². The second-order valence-electron chi connectivity index (χ2n) is 3.10. The topological polar surface area (TPSA) is 41.5 Å². The number of aliphatic hydroxyl groups excluding tert-OH is 1. The van der Waals surface area contributed by atoms with E-state index in [4.69, 9.17) is 6.17 Å². The van der Waals surface area contributed by atoms with E-state index in [1.54, 1.807) is 0 Å². The van der Waals surface area contributed by atoms with Crippen LogP contribution in [0, 0.1) is 0 Å². The van der Waals surface area contributed by atoms with Gasteiger partial charge in [-0.1, -0.05) is 0 Å².